The average molecular weight is 350 g/mol. The Morgan fingerprint density at radius 3 is 2.88 bits per heavy atom. The van der Waals surface area contributed by atoms with Gasteiger partial charge in [0.05, 0.1) is 12.0 Å². The summed E-state index contributed by atoms with van der Waals surface area (Å²) in [4.78, 5) is 32.8. The van der Waals surface area contributed by atoms with E-state index in [4.69, 9.17) is 4.52 Å². The maximum atomic E-state index is 12.8. The fraction of sp³-hybridized carbons (Fsp3) is 0.263. The van der Waals surface area contributed by atoms with Gasteiger partial charge in [-0.15, -0.1) is 0 Å². The standard InChI is InChI=1S/C19H18N4O3/c24-18-10-15(20-12-21-18)14-7-4-8-23(11-14)19(25)16-9-17(26-22-16)13-5-2-1-3-6-13/h1-3,5-6,9-10,12,14H,4,7-8,11H2,(H,20,21,24). The first-order valence-electron chi connectivity index (χ1n) is 8.57. The number of hydrogen-bond donors (Lipinski definition) is 1. The van der Waals surface area contributed by atoms with Crippen molar-refractivity contribution in [3.8, 4) is 11.3 Å². The fourth-order valence-electron chi connectivity index (χ4n) is 3.29. The van der Waals surface area contributed by atoms with Crippen LogP contribution < -0.4 is 5.56 Å². The van der Waals surface area contributed by atoms with Gasteiger partial charge in [0.2, 0.25) is 0 Å². The highest BCUT2D eigenvalue weighted by molar-refractivity contribution is 5.93. The molecule has 1 N–H and O–H groups in total. The second-order valence-corrected chi connectivity index (χ2v) is 6.37. The van der Waals surface area contributed by atoms with Crippen molar-refractivity contribution >= 4 is 5.91 Å². The van der Waals surface area contributed by atoms with Gasteiger partial charge >= 0.3 is 0 Å². The Labute approximate surface area is 149 Å². The zero-order valence-electron chi connectivity index (χ0n) is 14.1. The highest BCUT2D eigenvalue weighted by Gasteiger charge is 2.28. The van der Waals surface area contributed by atoms with Crippen molar-refractivity contribution in [1.82, 2.24) is 20.0 Å². The van der Waals surface area contributed by atoms with Crippen LogP contribution in [0.15, 0.2) is 58.1 Å². The van der Waals surface area contributed by atoms with Crippen molar-refractivity contribution in [2.75, 3.05) is 13.1 Å². The number of nitrogens with one attached hydrogen (secondary N) is 1. The molecule has 1 unspecified atom stereocenters. The van der Waals surface area contributed by atoms with Gasteiger partial charge in [-0.05, 0) is 12.8 Å². The molecule has 3 aromatic rings. The average Bonchev–Trinajstić information content (AvgIpc) is 3.18. The van der Waals surface area contributed by atoms with Gasteiger partial charge in [-0.2, -0.15) is 0 Å². The third-order valence-corrected chi connectivity index (χ3v) is 4.61. The van der Waals surface area contributed by atoms with E-state index in [1.54, 1.807) is 11.0 Å². The van der Waals surface area contributed by atoms with Crippen LogP contribution in [0.3, 0.4) is 0 Å². The number of benzene rings is 1. The van der Waals surface area contributed by atoms with Gasteiger partial charge in [-0.1, -0.05) is 35.5 Å². The first-order chi connectivity index (χ1) is 12.7. The number of rotatable bonds is 3. The van der Waals surface area contributed by atoms with E-state index in [0.717, 1.165) is 24.1 Å². The summed E-state index contributed by atoms with van der Waals surface area (Å²) >= 11 is 0. The van der Waals surface area contributed by atoms with Crippen LogP contribution in [-0.4, -0.2) is 39.0 Å². The predicted molar refractivity (Wildman–Crippen MR) is 94.7 cm³/mol. The summed E-state index contributed by atoms with van der Waals surface area (Å²) in [5.41, 5.74) is 1.71. The van der Waals surface area contributed by atoms with Crippen LogP contribution in [0, 0.1) is 0 Å². The van der Waals surface area contributed by atoms with Crippen molar-refractivity contribution in [1.29, 1.82) is 0 Å². The molecule has 132 valence electrons. The Balaban J connectivity index is 1.51. The molecule has 1 fully saturated rings. The number of carbonyl (C=O) groups excluding carboxylic acids is 1. The van der Waals surface area contributed by atoms with E-state index in [9.17, 15) is 9.59 Å². The van der Waals surface area contributed by atoms with E-state index in [0.29, 0.717) is 24.5 Å². The van der Waals surface area contributed by atoms with Crippen molar-refractivity contribution in [2.45, 2.75) is 18.8 Å². The second kappa shape index (κ2) is 6.95. The molecular weight excluding hydrogens is 332 g/mol. The van der Waals surface area contributed by atoms with Gasteiger partial charge in [-0.25, -0.2) is 4.98 Å². The zero-order valence-corrected chi connectivity index (χ0v) is 14.1. The molecular formula is C19H18N4O3. The molecule has 0 radical (unpaired) electrons. The Hall–Kier alpha value is -3.22. The van der Waals surface area contributed by atoms with Crippen molar-refractivity contribution in [2.24, 2.45) is 0 Å². The quantitative estimate of drug-likeness (QED) is 0.783. The number of piperidine rings is 1. The molecule has 2 aromatic heterocycles. The molecule has 1 amide bonds. The first kappa shape index (κ1) is 16.3. The summed E-state index contributed by atoms with van der Waals surface area (Å²) in [6, 6.07) is 12.7. The molecule has 7 nitrogen and oxygen atoms in total. The lowest BCUT2D eigenvalue weighted by Gasteiger charge is -2.31. The normalized spacial score (nSPS) is 17.2. The minimum Gasteiger partial charge on any atom is -0.355 e. The monoisotopic (exact) mass is 350 g/mol. The Morgan fingerprint density at radius 1 is 1.23 bits per heavy atom. The summed E-state index contributed by atoms with van der Waals surface area (Å²) < 4.78 is 5.33. The van der Waals surface area contributed by atoms with Crippen LogP contribution in [0.4, 0.5) is 0 Å². The van der Waals surface area contributed by atoms with E-state index in [1.807, 2.05) is 30.3 Å². The second-order valence-electron chi connectivity index (χ2n) is 6.37. The number of aromatic amines is 1. The number of likely N-dealkylation sites (tertiary alicyclic amines) is 1. The van der Waals surface area contributed by atoms with Crippen molar-refractivity contribution in [3.63, 3.8) is 0 Å². The Kier molecular flexibility index (Phi) is 4.35. The van der Waals surface area contributed by atoms with Crippen LogP contribution in [0.25, 0.3) is 11.3 Å². The lowest BCUT2D eigenvalue weighted by atomic mass is 9.94. The lowest BCUT2D eigenvalue weighted by molar-refractivity contribution is 0.0695. The van der Waals surface area contributed by atoms with Gasteiger partial charge in [0.1, 0.15) is 0 Å². The summed E-state index contributed by atoms with van der Waals surface area (Å²) in [7, 11) is 0. The molecule has 0 aliphatic carbocycles. The van der Waals surface area contributed by atoms with Crippen LogP contribution in [0.1, 0.15) is 34.9 Å². The highest BCUT2D eigenvalue weighted by atomic mass is 16.5. The van der Waals surface area contributed by atoms with E-state index in [-0.39, 0.29) is 17.4 Å². The molecule has 3 heterocycles. The third-order valence-electron chi connectivity index (χ3n) is 4.61. The van der Waals surface area contributed by atoms with Crippen LogP contribution in [0.5, 0.6) is 0 Å². The predicted octanol–water partition coefficient (Wildman–Crippen LogP) is 2.44. The SMILES string of the molecule is O=C(c1cc(-c2ccccc2)on1)N1CCCC(c2cc(=O)[nH]cn2)C1. The number of amides is 1. The van der Waals surface area contributed by atoms with Gasteiger partial charge in [0, 0.05) is 36.7 Å². The largest absolute Gasteiger partial charge is 0.355 e. The number of aromatic nitrogens is 3. The summed E-state index contributed by atoms with van der Waals surface area (Å²) in [5.74, 6) is 0.458. The molecule has 1 aliphatic heterocycles. The van der Waals surface area contributed by atoms with Gasteiger partial charge < -0.3 is 14.4 Å². The minimum atomic E-state index is -0.178. The van der Waals surface area contributed by atoms with Gasteiger partial charge in [0.25, 0.3) is 11.5 Å². The fourth-order valence-corrected chi connectivity index (χ4v) is 3.29. The molecule has 0 saturated carbocycles. The molecule has 7 heteroatoms. The van der Waals surface area contributed by atoms with E-state index in [2.05, 4.69) is 15.1 Å². The molecule has 0 bridgehead atoms. The van der Waals surface area contributed by atoms with Crippen molar-refractivity contribution in [3.05, 3.63) is 70.5 Å². The Morgan fingerprint density at radius 2 is 2.08 bits per heavy atom. The van der Waals surface area contributed by atoms with E-state index >= 15 is 0 Å². The molecule has 1 atom stereocenters. The summed E-state index contributed by atoms with van der Waals surface area (Å²) in [6.07, 6.45) is 3.16. The zero-order chi connectivity index (χ0) is 17.9. The molecule has 26 heavy (non-hydrogen) atoms. The maximum Gasteiger partial charge on any atom is 0.276 e. The molecule has 1 aromatic carbocycles. The van der Waals surface area contributed by atoms with Crippen LogP contribution >= 0.6 is 0 Å². The minimum absolute atomic E-state index is 0.0514. The van der Waals surface area contributed by atoms with Gasteiger partial charge in [0.15, 0.2) is 11.5 Å². The summed E-state index contributed by atoms with van der Waals surface area (Å²) in [6.45, 7) is 1.18. The molecule has 4 rings (SSSR count). The number of H-pyrrole nitrogens is 1. The van der Waals surface area contributed by atoms with Crippen LogP contribution in [-0.2, 0) is 0 Å². The third kappa shape index (κ3) is 3.28. The van der Waals surface area contributed by atoms with Crippen LogP contribution in [0.2, 0.25) is 0 Å². The molecule has 1 saturated heterocycles. The van der Waals surface area contributed by atoms with Gasteiger partial charge in [-0.3, -0.25) is 9.59 Å². The topological polar surface area (TPSA) is 92.1 Å². The maximum absolute atomic E-state index is 12.8. The first-order valence-corrected chi connectivity index (χ1v) is 8.57. The van der Waals surface area contributed by atoms with E-state index in [1.165, 1.54) is 12.4 Å². The highest BCUT2D eigenvalue weighted by Crippen LogP contribution is 2.26. The number of carbonyl (C=O) groups is 1. The molecule has 0 spiro atoms. The number of nitrogens with zero attached hydrogens (tertiary/aromatic N) is 3. The number of hydrogen-bond acceptors (Lipinski definition) is 5. The smallest absolute Gasteiger partial charge is 0.276 e. The van der Waals surface area contributed by atoms with E-state index < -0.39 is 0 Å². The summed E-state index contributed by atoms with van der Waals surface area (Å²) in [5, 5.41) is 3.94. The van der Waals surface area contributed by atoms with Crippen molar-refractivity contribution < 1.29 is 9.32 Å². The Bertz CT molecular complexity index is 964. The molecule has 1 aliphatic rings. The lowest BCUT2D eigenvalue weighted by Crippen LogP contribution is -2.39.